The maximum atomic E-state index is 11.6. The van der Waals surface area contributed by atoms with Crippen molar-refractivity contribution in [3.63, 3.8) is 0 Å². The van der Waals surface area contributed by atoms with E-state index in [-0.39, 0.29) is 36.4 Å². The van der Waals surface area contributed by atoms with Gasteiger partial charge in [0.2, 0.25) is 5.91 Å². The van der Waals surface area contributed by atoms with Gasteiger partial charge < -0.3 is 15.7 Å². The monoisotopic (exact) mass is 292 g/mol. The molecule has 3 N–H and O–H groups in total. The van der Waals surface area contributed by atoms with Gasteiger partial charge in [-0.15, -0.1) is 0 Å². The first-order chi connectivity index (χ1) is 8.80. The normalized spacial score (nSPS) is 23.5. The Labute approximate surface area is 112 Å². The summed E-state index contributed by atoms with van der Waals surface area (Å²) in [6.45, 7) is 2.23. The summed E-state index contributed by atoms with van der Waals surface area (Å²) in [7, 11) is -3.04. The Bertz CT molecular complexity index is 434. The third kappa shape index (κ3) is 6.02. The number of carbonyl (C=O) groups is 2. The van der Waals surface area contributed by atoms with E-state index in [0.717, 1.165) is 0 Å². The Morgan fingerprint density at radius 3 is 2.74 bits per heavy atom. The van der Waals surface area contributed by atoms with Crippen molar-refractivity contribution in [3.8, 4) is 0 Å². The maximum absolute atomic E-state index is 11.6. The molecule has 19 heavy (non-hydrogen) atoms. The maximum Gasteiger partial charge on any atom is 0.306 e. The van der Waals surface area contributed by atoms with Crippen LogP contribution in [0.25, 0.3) is 0 Å². The Kier molecular flexibility index (Phi) is 5.74. The second-order valence-electron chi connectivity index (χ2n) is 4.85. The molecule has 8 heteroatoms. The minimum absolute atomic E-state index is 0.0219. The average Bonchev–Trinajstić information content (AvgIpc) is 2.27. The molecule has 0 saturated carbocycles. The van der Waals surface area contributed by atoms with Gasteiger partial charge in [-0.2, -0.15) is 0 Å². The van der Waals surface area contributed by atoms with Gasteiger partial charge in [0, 0.05) is 25.6 Å². The molecule has 2 atom stereocenters. The van der Waals surface area contributed by atoms with Crippen LogP contribution in [0.1, 0.15) is 19.8 Å². The van der Waals surface area contributed by atoms with Crippen molar-refractivity contribution in [2.45, 2.75) is 25.8 Å². The summed E-state index contributed by atoms with van der Waals surface area (Å²) in [6.07, 6.45) is 0.456. The van der Waals surface area contributed by atoms with Gasteiger partial charge in [0.1, 0.15) is 0 Å². The number of aliphatic carboxylic acids is 1. The highest BCUT2D eigenvalue weighted by atomic mass is 32.2. The topological polar surface area (TPSA) is 113 Å². The zero-order valence-electron chi connectivity index (χ0n) is 10.9. The van der Waals surface area contributed by atoms with Crippen LogP contribution in [0.15, 0.2) is 0 Å². The first-order valence-corrected chi connectivity index (χ1v) is 8.05. The molecule has 110 valence electrons. The summed E-state index contributed by atoms with van der Waals surface area (Å²) in [4.78, 5) is 22.2. The van der Waals surface area contributed by atoms with Crippen LogP contribution in [0.4, 0.5) is 0 Å². The second-order valence-corrected chi connectivity index (χ2v) is 7.08. The van der Waals surface area contributed by atoms with E-state index in [4.69, 9.17) is 5.11 Å². The van der Waals surface area contributed by atoms with Gasteiger partial charge in [0.25, 0.3) is 0 Å². The molecule has 0 radical (unpaired) electrons. The molecule has 1 amide bonds. The van der Waals surface area contributed by atoms with E-state index in [2.05, 4.69) is 10.6 Å². The summed E-state index contributed by atoms with van der Waals surface area (Å²) in [5.41, 5.74) is 0. The van der Waals surface area contributed by atoms with Crippen molar-refractivity contribution in [1.82, 2.24) is 10.6 Å². The Morgan fingerprint density at radius 1 is 1.47 bits per heavy atom. The molecule has 0 bridgehead atoms. The molecule has 1 fully saturated rings. The van der Waals surface area contributed by atoms with Crippen LogP contribution >= 0.6 is 0 Å². The highest BCUT2D eigenvalue weighted by molar-refractivity contribution is 7.91. The number of amides is 1. The van der Waals surface area contributed by atoms with Crippen LogP contribution in [0, 0.1) is 5.92 Å². The molecule has 0 spiro atoms. The molecule has 2 unspecified atom stereocenters. The molecular weight excluding hydrogens is 272 g/mol. The van der Waals surface area contributed by atoms with Crippen LogP contribution in [0.3, 0.4) is 0 Å². The number of carboxylic acid groups (broad SMARTS) is 1. The van der Waals surface area contributed by atoms with Gasteiger partial charge in [-0.3, -0.25) is 9.59 Å². The van der Waals surface area contributed by atoms with Crippen molar-refractivity contribution in [1.29, 1.82) is 0 Å². The van der Waals surface area contributed by atoms with Crippen molar-refractivity contribution in [2.75, 3.05) is 24.6 Å². The molecule has 1 heterocycles. The van der Waals surface area contributed by atoms with E-state index in [1.807, 2.05) is 0 Å². The quantitative estimate of drug-likeness (QED) is 0.578. The lowest BCUT2D eigenvalue weighted by Crippen LogP contribution is -2.47. The third-order valence-corrected chi connectivity index (χ3v) is 4.79. The van der Waals surface area contributed by atoms with E-state index >= 15 is 0 Å². The number of nitrogens with one attached hydrogen (secondary N) is 2. The van der Waals surface area contributed by atoms with E-state index in [1.54, 1.807) is 6.92 Å². The van der Waals surface area contributed by atoms with E-state index in [1.165, 1.54) is 0 Å². The molecule has 0 aromatic heterocycles. The lowest BCUT2D eigenvalue weighted by atomic mass is 10.1. The number of hydrogen-bond acceptors (Lipinski definition) is 5. The molecule has 1 aliphatic rings. The number of hydrogen-bond donors (Lipinski definition) is 3. The number of carbonyl (C=O) groups excluding carboxylic acids is 1. The molecule has 1 saturated heterocycles. The van der Waals surface area contributed by atoms with Gasteiger partial charge in [-0.25, -0.2) is 8.42 Å². The molecular formula is C11H20N2O5S. The van der Waals surface area contributed by atoms with E-state index < -0.39 is 21.7 Å². The fraction of sp³-hybridized carbons (Fsp3) is 0.818. The highest BCUT2D eigenvalue weighted by Gasteiger charge is 2.25. The number of rotatable bonds is 6. The van der Waals surface area contributed by atoms with E-state index in [0.29, 0.717) is 13.0 Å². The van der Waals surface area contributed by atoms with Gasteiger partial charge in [0.05, 0.1) is 17.4 Å². The first kappa shape index (κ1) is 15.9. The molecule has 0 aromatic rings. The zero-order valence-corrected chi connectivity index (χ0v) is 11.7. The van der Waals surface area contributed by atoms with Crippen molar-refractivity contribution >= 4 is 21.7 Å². The minimum Gasteiger partial charge on any atom is -0.481 e. The standard InChI is InChI=1S/C11H20N2O5S/c1-8(11(15)16)2-3-13-10(14)6-9-7-19(17,18)5-4-12-9/h8-9,12H,2-7H2,1H3,(H,13,14)(H,15,16). The summed E-state index contributed by atoms with van der Waals surface area (Å²) >= 11 is 0. The summed E-state index contributed by atoms with van der Waals surface area (Å²) in [6, 6.07) is -0.351. The SMILES string of the molecule is CC(CCNC(=O)CC1CS(=O)(=O)CCN1)C(=O)O. The predicted octanol–water partition coefficient (Wildman–Crippen LogP) is -1.01. The van der Waals surface area contributed by atoms with Gasteiger partial charge in [0.15, 0.2) is 9.84 Å². The smallest absolute Gasteiger partial charge is 0.306 e. The molecule has 0 aliphatic carbocycles. The fourth-order valence-electron chi connectivity index (χ4n) is 1.85. The van der Waals surface area contributed by atoms with Crippen molar-refractivity contribution in [3.05, 3.63) is 0 Å². The van der Waals surface area contributed by atoms with Crippen LogP contribution in [-0.4, -0.2) is 56.0 Å². The lowest BCUT2D eigenvalue weighted by Gasteiger charge is -2.23. The van der Waals surface area contributed by atoms with Crippen molar-refractivity contribution < 1.29 is 23.1 Å². The Hall–Kier alpha value is -1.15. The molecule has 1 rings (SSSR count). The lowest BCUT2D eigenvalue weighted by molar-refractivity contribution is -0.141. The molecule has 0 aromatic carbocycles. The Morgan fingerprint density at radius 2 is 2.16 bits per heavy atom. The number of sulfone groups is 1. The minimum atomic E-state index is -3.04. The zero-order chi connectivity index (χ0) is 14.5. The van der Waals surface area contributed by atoms with Crippen LogP contribution in [0.2, 0.25) is 0 Å². The first-order valence-electron chi connectivity index (χ1n) is 6.23. The predicted molar refractivity (Wildman–Crippen MR) is 69.5 cm³/mol. The van der Waals surface area contributed by atoms with Gasteiger partial charge in [-0.1, -0.05) is 6.92 Å². The Balaban J connectivity index is 2.26. The van der Waals surface area contributed by atoms with E-state index in [9.17, 15) is 18.0 Å². The number of carboxylic acids is 1. The van der Waals surface area contributed by atoms with Gasteiger partial charge in [-0.05, 0) is 6.42 Å². The average molecular weight is 292 g/mol. The summed E-state index contributed by atoms with van der Waals surface area (Å²) in [5.74, 6) is -1.57. The molecule has 7 nitrogen and oxygen atoms in total. The highest BCUT2D eigenvalue weighted by Crippen LogP contribution is 2.05. The largest absolute Gasteiger partial charge is 0.481 e. The van der Waals surface area contributed by atoms with Gasteiger partial charge >= 0.3 is 5.97 Å². The third-order valence-electron chi connectivity index (χ3n) is 3.05. The van der Waals surface area contributed by atoms with Crippen LogP contribution in [-0.2, 0) is 19.4 Å². The van der Waals surface area contributed by atoms with Crippen molar-refractivity contribution in [2.24, 2.45) is 5.92 Å². The second kappa shape index (κ2) is 6.85. The summed E-state index contributed by atoms with van der Waals surface area (Å²) in [5, 5.41) is 14.3. The van der Waals surface area contributed by atoms with Crippen LogP contribution in [0.5, 0.6) is 0 Å². The van der Waals surface area contributed by atoms with Crippen LogP contribution < -0.4 is 10.6 Å². The summed E-state index contributed by atoms with van der Waals surface area (Å²) < 4.78 is 22.8. The fourth-order valence-corrected chi connectivity index (χ4v) is 3.29. The molecule has 1 aliphatic heterocycles.